The molecular formula is C15H21NO2. The molecule has 0 spiro atoms. The van der Waals surface area contributed by atoms with Crippen LogP contribution in [0.1, 0.15) is 60.4 Å². The number of aromatic nitrogens is 1. The lowest BCUT2D eigenvalue weighted by Crippen LogP contribution is -2.18. The minimum atomic E-state index is -0.847. The predicted octanol–water partition coefficient (Wildman–Crippen LogP) is 3.25. The lowest BCUT2D eigenvalue weighted by molar-refractivity contribution is 0.0695. The van der Waals surface area contributed by atoms with Crippen LogP contribution in [0, 0.1) is 5.92 Å². The molecule has 0 saturated heterocycles. The number of aromatic carboxylic acids is 1. The molecule has 1 heterocycles. The molecule has 3 nitrogen and oxygen atoms in total. The van der Waals surface area contributed by atoms with Crippen molar-refractivity contribution in [3.05, 3.63) is 28.6 Å². The summed E-state index contributed by atoms with van der Waals surface area (Å²) in [6.07, 6.45) is 6.33. The third-order valence-corrected chi connectivity index (χ3v) is 3.83. The summed E-state index contributed by atoms with van der Waals surface area (Å²) in [6.45, 7) is 4.17. The summed E-state index contributed by atoms with van der Waals surface area (Å²) in [5, 5.41) is 9.23. The van der Waals surface area contributed by atoms with Crippen LogP contribution in [0.15, 0.2) is 6.07 Å². The van der Waals surface area contributed by atoms with E-state index < -0.39 is 5.97 Å². The van der Waals surface area contributed by atoms with Gasteiger partial charge in [0, 0.05) is 5.69 Å². The normalized spacial score (nSPS) is 18.4. The molecule has 0 aliphatic heterocycles. The number of pyridine rings is 1. The Kier molecular flexibility index (Phi) is 4.00. The van der Waals surface area contributed by atoms with Crippen LogP contribution in [0.25, 0.3) is 0 Å². The van der Waals surface area contributed by atoms with Gasteiger partial charge in [0.2, 0.25) is 0 Å². The molecule has 0 radical (unpaired) electrons. The summed E-state index contributed by atoms with van der Waals surface area (Å²) in [4.78, 5) is 15.8. The average molecular weight is 247 g/mol. The maximum Gasteiger partial charge on any atom is 0.337 e. The van der Waals surface area contributed by atoms with Crippen molar-refractivity contribution in [2.24, 2.45) is 5.92 Å². The van der Waals surface area contributed by atoms with Crippen LogP contribution in [-0.4, -0.2) is 16.1 Å². The second-order valence-electron chi connectivity index (χ2n) is 5.14. The Balaban J connectivity index is 2.33. The zero-order chi connectivity index (χ0) is 13.1. The first kappa shape index (κ1) is 13.1. The Bertz CT molecular complexity index is 454. The van der Waals surface area contributed by atoms with Gasteiger partial charge in [0.1, 0.15) is 0 Å². The fourth-order valence-corrected chi connectivity index (χ4v) is 2.89. The molecule has 1 aliphatic rings. The van der Waals surface area contributed by atoms with Crippen molar-refractivity contribution in [1.29, 1.82) is 0 Å². The summed E-state index contributed by atoms with van der Waals surface area (Å²) >= 11 is 0. The second kappa shape index (κ2) is 5.51. The lowest BCUT2D eigenvalue weighted by atomic mass is 9.83. The molecule has 0 fully saturated rings. The topological polar surface area (TPSA) is 50.2 Å². The first-order chi connectivity index (χ1) is 8.65. The number of aryl methyl sites for hydroxylation is 2. The Morgan fingerprint density at radius 3 is 2.89 bits per heavy atom. The molecule has 18 heavy (non-hydrogen) atoms. The zero-order valence-electron chi connectivity index (χ0n) is 11.2. The summed E-state index contributed by atoms with van der Waals surface area (Å²) in [6, 6.07) is 1.87. The van der Waals surface area contributed by atoms with E-state index in [1.165, 1.54) is 19.3 Å². The maximum absolute atomic E-state index is 11.2. The third kappa shape index (κ3) is 2.55. The molecular weight excluding hydrogens is 226 g/mol. The molecule has 0 saturated carbocycles. The molecule has 3 heteroatoms. The first-order valence-electron chi connectivity index (χ1n) is 6.90. The number of carboxylic acids is 1. The van der Waals surface area contributed by atoms with Gasteiger partial charge in [-0.1, -0.05) is 26.7 Å². The van der Waals surface area contributed by atoms with E-state index in [4.69, 9.17) is 0 Å². The Labute approximate surface area is 108 Å². The Morgan fingerprint density at radius 2 is 2.28 bits per heavy atom. The monoisotopic (exact) mass is 247 g/mol. The van der Waals surface area contributed by atoms with E-state index in [1.54, 1.807) is 0 Å². The average Bonchev–Trinajstić information content (AvgIpc) is 2.37. The van der Waals surface area contributed by atoms with Crippen molar-refractivity contribution < 1.29 is 9.90 Å². The van der Waals surface area contributed by atoms with Crippen molar-refractivity contribution >= 4 is 5.97 Å². The van der Waals surface area contributed by atoms with Crippen molar-refractivity contribution in [3.63, 3.8) is 0 Å². The molecule has 0 aromatic carbocycles. The largest absolute Gasteiger partial charge is 0.478 e. The molecule has 1 aliphatic carbocycles. The van der Waals surface area contributed by atoms with Gasteiger partial charge in [0.25, 0.3) is 0 Å². The van der Waals surface area contributed by atoms with E-state index in [0.717, 1.165) is 29.8 Å². The van der Waals surface area contributed by atoms with Gasteiger partial charge in [-0.15, -0.1) is 0 Å². The third-order valence-electron chi connectivity index (χ3n) is 3.83. The minimum Gasteiger partial charge on any atom is -0.478 e. The number of hydrogen-bond donors (Lipinski definition) is 1. The molecule has 1 aromatic heterocycles. The SMILES string of the molecule is CCCC1CCc2nc(CC)c(C(=O)O)cc2C1. The van der Waals surface area contributed by atoms with Crippen LogP contribution in [-0.2, 0) is 19.3 Å². The van der Waals surface area contributed by atoms with E-state index in [9.17, 15) is 9.90 Å². The van der Waals surface area contributed by atoms with Crippen molar-refractivity contribution in [1.82, 2.24) is 4.98 Å². The molecule has 0 bridgehead atoms. The molecule has 2 rings (SSSR count). The molecule has 98 valence electrons. The summed E-state index contributed by atoms with van der Waals surface area (Å²) in [5.41, 5.74) is 3.42. The van der Waals surface area contributed by atoms with Crippen LogP contribution >= 0.6 is 0 Å². The summed E-state index contributed by atoms with van der Waals surface area (Å²) in [7, 11) is 0. The van der Waals surface area contributed by atoms with Crippen LogP contribution < -0.4 is 0 Å². The molecule has 1 N–H and O–H groups in total. The number of rotatable bonds is 4. The molecule has 1 unspecified atom stereocenters. The van der Waals surface area contributed by atoms with E-state index in [-0.39, 0.29) is 0 Å². The highest BCUT2D eigenvalue weighted by atomic mass is 16.4. The fraction of sp³-hybridized carbons (Fsp3) is 0.600. The van der Waals surface area contributed by atoms with E-state index in [0.29, 0.717) is 17.9 Å². The van der Waals surface area contributed by atoms with E-state index in [2.05, 4.69) is 11.9 Å². The minimum absolute atomic E-state index is 0.397. The van der Waals surface area contributed by atoms with Gasteiger partial charge in [0.15, 0.2) is 0 Å². The molecule has 1 atom stereocenters. The smallest absolute Gasteiger partial charge is 0.337 e. The summed E-state index contributed by atoms with van der Waals surface area (Å²) < 4.78 is 0. The fourth-order valence-electron chi connectivity index (χ4n) is 2.89. The number of hydrogen-bond acceptors (Lipinski definition) is 2. The number of carboxylic acid groups (broad SMARTS) is 1. The Hall–Kier alpha value is -1.38. The number of nitrogens with zero attached hydrogens (tertiary/aromatic N) is 1. The maximum atomic E-state index is 11.2. The van der Waals surface area contributed by atoms with Crippen LogP contribution in [0.2, 0.25) is 0 Å². The Morgan fingerprint density at radius 1 is 1.50 bits per heavy atom. The molecule has 1 aromatic rings. The highest BCUT2D eigenvalue weighted by Gasteiger charge is 2.22. The van der Waals surface area contributed by atoms with Crippen molar-refractivity contribution in [2.45, 2.75) is 52.4 Å². The van der Waals surface area contributed by atoms with Gasteiger partial charge in [-0.3, -0.25) is 4.98 Å². The van der Waals surface area contributed by atoms with Crippen molar-refractivity contribution in [2.75, 3.05) is 0 Å². The lowest BCUT2D eigenvalue weighted by Gasteiger charge is -2.24. The van der Waals surface area contributed by atoms with E-state index in [1.807, 2.05) is 13.0 Å². The van der Waals surface area contributed by atoms with Gasteiger partial charge < -0.3 is 5.11 Å². The van der Waals surface area contributed by atoms with Gasteiger partial charge in [0.05, 0.1) is 11.3 Å². The van der Waals surface area contributed by atoms with Crippen LogP contribution in [0.3, 0.4) is 0 Å². The second-order valence-corrected chi connectivity index (χ2v) is 5.14. The van der Waals surface area contributed by atoms with E-state index >= 15 is 0 Å². The highest BCUT2D eigenvalue weighted by Crippen LogP contribution is 2.29. The van der Waals surface area contributed by atoms with Gasteiger partial charge >= 0.3 is 5.97 Å². The van der Waals surface area contributed by atoms with Gasteiger partial charge in [-0.2, -0.15) is 0 Å². The zero-order valence-corrected chi connectivity index (χ0v) is 11.2. The molecule has 0 amide bonds. The van der Waals surface area contributed by atoms with Gasteiger partial charge in [-0.05, 0) is 43.2 Å². The van der Waals surface area contributed by atoms with Crippen molar-refractivity contribution in [3.8, 4) is 0 Å². The van der Waals surface area contributed by atoms with Crippen LogP contribution in [0.4, 0.5) is 0 Å². The predicted molar refractivity (Wildman–Crippen MR) is 71.0 cm³/mol. The van der Waals surface area contributed by atoms with Gasteiger partial charge in [-0.25, -0.2) is 4.79 Å². The standard InChI is InChI=1S/C15H21NO2/c1-3-5-10-6-7-14-11(8-10)9-12(15(17)18)13(4-2)16-14/h9-10H,3-8H2,1-2H3,(H,17,18). The first-order valence-corrected chi connectivity index (χ1v) is 6.90. The number of fused-ring (bicyclic) bond motifs is 1. The quantitative estimate of drug-likeness (QED) is 0.888. The highest BCUT2D eigenvalue weighted by molar-refractivity contribution is 5.89. The van der Waals surface area contributed by atoms with Crippen LogP contribution in [0.5, 0.6) is 0 Å². The summed E-state index contributed by atoms with van der Waals surface area (Å²) in [5.74, 6) is -0.141. The number of carbonyl (C=O) groups is 1.